The number of hydrogen-bond donors (Lipinski definition) is 0. The van der Waals surface area contributed by atoms with Crippen LogP contribution in [0.3, 0.4) is 0 Å². The van der Waals surface area contributed by atoms with Gasteiger partial charge in [0.15, 0.2) is 17.6 Å². The van der Waals surface area contributed by atoms with Crippen LogP contribution in [0.25, 0.3) is 0 Å². The third-order valence-corrected chi connectivity index (χ3v) is 3.26. The van der Waals surface area contributed by atoms with Crippen molar-refractivity contribution in [3.63, 3.8) is 0 Å². The Kier molecular flexibility index (Phi) is 3.77. The molecule has 21 heavy (non-hydrogen) atoms. The SMILES string of the molecule is Cc1ccc(C(=O)OCC2COc3ccccc3O2)cc1. The number of para-hydroxylation sites is 2. The lowest BCUT2D eigenvalue weighted by atomic mass is 10.1. The fourth-order valence-corrected chi connectivity index (χ4v) is 2.09. The molecule has 2 aromatic rings. The standard InChI is InChI=1S/C17H16O4/c1-12-6-8-13(9-7-12)17(18)20-11-14-10-19-15-4-2-3-5-16(15)21-14/h2-9,14H,10-11H2,1H3. The summed E-state index contributed by atoms with van der Waals surface area (Å²) in [6, 6.07) is 14.7. The van der Waals surface area contributed by atoms with Crippen LogP contribution in [-0.4, -0.2) is 25.3 Å². The summed E-state index contributed by atoms with van der Waals surface area (Å²) in [6.07, 6.45) is -0.283. The van der Waals surface area contributed by atoms with Crippen LogP contribution in [0, 0.1) is 6.92 Å². The summed E-state index contributed by atoms with van der Waals surface area (Å²) in [6.45, 7) is 2.51. The molecule has 1 unspecified atom stereocenters. The summed E-state index contributed by atoms with van der Waals surface area (Å²) in [5.41, 5.74) is 1.64. The van der Waals surface area contributed by atoms with E-state index in [9.17, 15) is 4.79 Å². The van der Waals surface area contributed by atoms with Crippen LogP contribution in [-0.2, 0) is 4.74 Å². The van der Waals surface area contributed by atoms with Gasteiger partial charge < -0.3 is 14.2 Å². The minimum Gasteiger partial charge on any atom is -0.486 e. The van der Waals surface area contributed by atoms with E-state index in [1.807, 2.05) is 43.3 Å². The third kappa shape index (κ3) is 3.16. The van der Waals surface area contributed by atoms with Gasteiger partial charge in [0.2, 0.25) is 0 Å². The second kappa shape index (κ2) is 5.87. The Morgan fingerprint density at radius 3 is 2.62 bits per heavy atom. The maximum Gasteiger partial charge on any atom is 0.338 e. The van der Waals surface area contributed by atoms with Crippen molar-refractivity contribution in [1.82, 2.24) is 0 Å². The number of aryl methyl sites for hydroxylation is 1. The quantitative estimate of drug-likeness (QED) is 0.813. The molecule has 0 aromatic heterocycles. The highest BCUT2D eigenvalue weighted by Crippen LogP contribution is 2.30. The number of hydrogen-bond acceptors (Lipinski definition) is 4. The molecule has 0 N–H and O–H groups in total. The molecule has 0 spiro atoms. The van der Waals surface area contributed by atoms with Gasteiger partial charge in [0, 0.05) is 0 Å². The minimum atomic E-state index is -0.350. The highest BCUT2D eigenvalue weighted by Gasteiger charge is 2.22. The largest absolute Gasteiger partial charge is 0.486 e. The van der Waals surface area contributed by atoms with Crippen LogP contribution < -0.4 is 9.47 Å². The predicted octanol–water partition coefficient (Wildman–Crippen LogP) is 2.99. The molecule has 0 fully saturated rings. The van der Waals surface area contributed by atoms with Gasteiger partial charge in [0.1, 0.15) is 13.2 Å². The highest BCUT2D eigenvalue weighted by molar-refractivity contribution is 5.89. The molecule has 108 valence electrons. The molecule has 0 saturated heterocycles. The molecular formula is C17H16O4. The summed E-state index contributed by atoms with van der Waals surface area (Å²) < 4.78 is 16.6. The molecule has 3 rings (SSSR count). The third-order valence-electron chi connectivity index (χ3n) is 3.26. The maximum atomic E-state index is 11.9. The summed E-state index contributed by atoms with van der Waals surface area (Å²) in [5, 5.41) is 0. The molecule has 1 heterocycles. The van der Waals surface area contributed by atoms with Crippen molar-refractivity contribution in [2.45, 2.75) is 13.0 Å². The number of fused-ring (bicyclic) bond motifs is 1. The molecule has 2 aromatic carbocycles. The van der Waals surface area contributed by atoms with Gasteiger partial charge in [-0.1, -0.05) is 29.8 Å². The summed E-state index contributed by atoms with van der Waals surface area (Å²) >= 11 is 0. The molecule has 0 bridgehead atoms. The van der Waals surface area contributed by atoms with Gasteiger partial charge in [-0.15, -0.1) is 0 Å². The van der Waals surface area contributed by atoms with E-state index in [4.69, 9.17) is 14.2 Å². The van der Waals surface area contributed by atoms with Crippen molar-refractivity contribution < 1.29 is 19.0 Å². The highest BCUT2D eigenvalue weighted by atomic mass is 16.6. The number of carbonyl (C=O) groups excluding carboxylic acids is 1. The molecule has 0 saturated carbocycles. The zero-order valence-electron chi connectivity index (χ0n) is 11.7. The van der Waals surface area contributed by atoms with E-state index >= 15 is 0 Å². The Labute approximate surface area is 123 Å². The van der Waals surface area contributed by atoms with Crippen molar-refractivity contribution in [1.29, 1.82) is 0 Å². The topological polar surface area (TPSA) is 44.8 Å². The molecule has 1 atom stereocenters. The van der Waals surface area contributed by atoms with E-state index in [0.717, 1.165) is 11.3 Å². The summed E-state index contributed by atoms with van der Waals surface area (Å²) in [5.74, 6) is 1.05. The van der Waals surface area contributed by atoms with Gasteiger partial charge in [-0.3, -0.25) is 0 Å². The second-order valence-corrected chi connectivity index (χ2v) is 4.96. The van der Waals surface area contributed by atoms with E-state index in [2.05, 4.69) is 0 Å². The average molecular weight is 284 g/mol. The van der Waals surface area contributed by atoms with Crippen LogP contribution in [0.5, 0.6) is 11.5 Å². The summed E-state index contributed by atoms with van der Waals surface area (Å²) in [7, 11) is 0. The first-order chi connectivity index (χ1) is 10.2. The van der Waals surface area contributed by atoms with Crippen molar-refractivity contribution in [3.05, 3.63) is 59.7 Å². The maximum absolute atomic E-state index is 11.9. The fraction of sp³-hybridized carbons (Fsp3) is 0.235. The van der Waals surface area contributed by atoms with Crippen LogP contribution in [0.2, 0.25) is 0 Å². The van der Waals surface area contributed by atoms with Gasteiger partial charge in [0.25, 0.3) is 0 Å². The molecule has 1 aliphatic rings. The van der Waals surface area contributed by atoms with E-state index in [-0.39, 0.29) is 18.7 Å². The smallest absolute Gasteiger partial charge is 0.338 e. The van der Waals surface area contributed by atoms with Crippen molar-refractivity contribution in [2.24, 2.45) is 0 Å². The zero-order valence-corrected chi connectivity index (χ0v) is 11.7. The Bertz CT molecular complexity index is 633. The first kappa shape index (κ1) is 13.5. The lowest BCUT2D eigenvalue weighted by Gasteiger charge is -2.26. The lowest BCUT2D eigenvalue weighted by molar-refractivity contribution is 0.0110. The molecular weight excluding hydrogens is 268 g/mol. The monoisotopic (exact) mass is 284 g/mol. The predicted molar refractivity (Wildman–Crippen MR) is 77.8 cm³/mol. The van der Waals surface area contributed by atoms with Crippen LogP contribution in [0.1, 0.15) is 15.9 Å². The van der Waals surface area contributed by atoms with E-state index in [1.165, 1.54) is 0 Å². The van der Waals surface area contributed by atoms with Crippen LogP contribution in [0.15, 0.2) is 48.5 Å². The number of ether oxygens (including phenoxy) is 3. The molecule has 1 aliphatic heterocycles. The van der Waals surface area contributed by atoms with Gasteiger partial charge in [0.05, 0.1) is 5.56 Å². The molecule has 0 amide bonds. The zero-order chi connectivity index (χ0) is 14.7. The molecule has 0 radical (unpaired) electrons. The Morgan fingerprint density at radius 1 is 1.14 bits per heavy atom. The number of esters is 1. The van der Waals surface area contributed by atoms with Gasteiger partial charge in [-0.2, -0.15) is 0 Å². The Balaban J connectivity index is 1.56. The van der Waals surface area contributed by atoms with Crippen molar-refractivity contribution in [3.8, 4) is 11.5 Å². The number of carbonyl (C=O) groups is 1. The van der Waals surface area contributed by atoms with Gasteiger partial charge in [-0.25, -0.2) is 4.79 Å². The van der Waals surface area contributed by atoms with E-state index < -0.39 is 0 Å². The average Bonchev–Trinajstić information content (AvgIpc) is 2.53. The molecule has 4 nitrogen and oxygen atoms in total. The first-order valence-corrected chi connectivity index (χ1v) is 6.84. The Hall–Kier alpha value is -2.49. The minimum absolute atomic E-state index is 0.168. The first-order valence-electron chi connectivity index (χ1n) is 6.84. The van der Waals surface area contributed by atoms with Crippen molar-refractivity contribution in [2.75, 3.05) is 13.2 Å². The van der Waals surface area contributed by atoms with E-state index in [0.29, 0.717) is 17.9 Å². The van der Waals surface area contributed by atoms with E-state index in [1.54, 1.807) is 12.1 Å². The Morgan fingerprint density at radius 2 is 1.86 bits per heavy atom. The molecule has 4 heteroatoms. The lowest BCUT2D eigenvalue weighted by Crippen LogP contribution is -2.34. The van der Waals surface area contributed by atoms with Crippen molar-refractivity contribution >= 4 is 5.97 Å². The van der Waals surface area contributed by atoms with Gasteiger partial charge >= 0.3 is 5.97 Å². The summed E-state index contributed by atoms with van der Waals surface area (Å²) in [4.78, 5) is 11.9. The second-order valence-electron chi connectivity index (χ2n) is 4.96. The van der Waals surface area contributed by atoms with Crippen LogP contribution >= 0.6 is 0 Å². The van der Waals surface area contributed by atoms with Crippen LogP contribution in [0.4, 0.5) is 0 Å². The number of rotatable bonds is 3. The normalized spacial score (nSPS) is 16.3. The number of benzene rings is 2. The molecule has 0 aliphatic carbocycles. The van der Waals surface area contributed by atoms with Gasteiger partial charge in [-0.05, 0) is 31.2 Å². The fourth-order valence-electron chi connectivity index (χ4n) is 2.09.